The standard InChI is InChI=1S/C21H26F3N3O3/c22-21(23,24)13-25-19(29)17-10-5-11-27(17)20(30)15-8-4-9-16(12-15)26-18(28)14-6-2-1-3-7-14/h4,8-9,12,14,17H,1-3,5-7,10-11,13H2,(H,25,29)(H,26,28). The average molecular weight is 425 g/mol. The molecule has 30 heavy (non-hydrogen) atoms. The van der Waals surface area contributed by atoms with Crippen molar-refractivity contribution in [3.8, 4) is 0 Å². The highest BCUT2D eigenvalue weighted by molar-refractivity contribution is 6.00. The van der Waals surface area contributed by atoms with Gasteiger partial charge < -0.3 is 15.5 Å². The molecule has 0 radical (unpaired) electrons. The molecular formula is C21H26F3N3O3. The van der Waals surface area contributed by atoms with Crippen LogP contribution >= 0.6 is 0 Å². The highest BCUT2D eigenvalue weighted by Crippen LogP contribution is 2.26. The van der Waals surface area contributed by atoms with E-state index in [9.17, 15) is 27.6 Å². The lowest BCUT2D eigenvalue weighted by atomic mass is 9.88. The van der Waals surface area contributed by atoms with Crippen molar-refractivity contribution in [2.24, 2.45) is 5.92 Å². The third kappa shape index (κ3) is 5.73. The summed E-state index contributed by atoms with van der Waals surface area (Å²) in [6, 6.07) is 5.52. The lowest BCUT2D eigenvalue weighted by molar-refractivity contribution is -0.140. The predicted molar refractivity (Wildman–Crippen MR) is 105 cm³/mol. The van der Waals surface area contributed by atoms with Crippen LogP contribution in [0.2, 0.25) is 0 Å². The van der Waals surface area contributed by atoms with E-state index < -0.39 is 30.6 Å². The van der Waals surface area contributed by atoms with E-state index in [1.807, 2.05) is 5.32 Å². The summed E-state index contributed by atoms with van der Waals surface area (Å²) in [6.45, 7) is -1.13. The molecule has 1 saturated heterocycles. The van der Waals surface area contributed by atoms with Gasteiger partial charge in [0.15, 0.2) is 0 Å². The van der Waals surface area contributed by atoms with Gasteiger partial charge in [-0.05, 0) is 43.9 Å². The second-order valence-corrected chi connectivity index (χ2v) is 7.89. The van der Waals surface area contributed by atoms with Crippen LogP contribution in [0.3, 0.4) is 0 Å². The van der Waals surface area contributed by atoms with Crippen LogP contribution in [0, 0.1) is 5.92 Å². The molecule has 1 unspecified atom stereocenters. The molecule has 1 atom stereocenters. The Hall–Kier alpha value is -2.58. The molecule has 1 heterocycles. The first-order valence-corrected chi connectivity index (χ1v) is 10.3. The highest BCUT2D eigenvalue weighted by Gasteiger charge is 2.36. The van der Waals surface area contributed by atoms with E-state index in [0.29, 0.717) is 25.1 Å². The summed E-state index contributed by atoms with van der Waals surface area (Å²) >= 11 is 0. The molecular weight excluding hydrogens is 399 g/mol. The fourth-order valence-electron chi connectivity index (χ4n) is 4.09. The number of benzene rings is 1. The molecule has 2 N–H and O–H groups in total. The Kier molecular flexibility index (Phi) is 6.99. The number of nitrogens with zero attached hydrogens (tertiary/aromatic N) is 1. The van der Waals surface area contributed by atoms with Crippen LogP contribution in [0.5, 0.6) is 0 Å². The molecule has 0 bridgehead atoms. The van der Waals surface area contributed by atoms with Gasteiger partial charge in [-0.2, -0.15) is 13.2 Å². The molecule has 9 heteroatoms. The summed E-state index contributed by atoms with van der Waals surface area (Å²) in [5, 5.41) is 4.71. The summed E-state index contributed by atoms with van der Waals surface area (Å²) in [7, 11) is 0. The van der Waals surface area contributed by atoms with Crippen molar-refractivity contribution in [1.29, 1.82) is 0 Å². The minimum absolute atomic E-state index is 0.0293. The molecule has 2 aliphatic rings. The maximum atomic E-state index is 12.9. The maximum Gasteiger partial charge on any atom is 0.405 e. The Bertz CT molecular complexity index is 791. The number of nitrogens with one attached hydrogen (secondary N) is 2. The molecule has 1 aliphatic carbocycles. The zero-order valence-electron chi connectivity index (χ0n) is 16.6. The SMILES string of the molecule is O=C(Nc1cccc(C(=O)N2CCCC2C(=O)NCC(F)(F)F)c1)C1CCCCC1. The third-order valence-electron chi connectivity index (χ3n) is 5.63. The van der Waals surface area contributed by atoms with Crippen LogP contribution in [0.15, 0.2) is 24.3 Å². The normalized spacial score (nSPS) is 20.1. The van der Waals surface area contributed by atoms with Gasteiger partial charge in [0.25, 0.3) is 5.91 Å². The molecule has 3 amide bonds. The van der Waals surface area contributed by atoms with Gasteiger partial charge in [-0.1, -0.05) is 25.3 Å². The number of amides is 3. The van der Waals surface area contributed by atoms with E-state index in [0.717, 1.165) is 32.1 Å². The van der Waals surface area contributed by atoms with E-state index in [4.69, 9.17) is 0 Å². The number of hydrogen-bond donors (Lipinski definition) is 2. The van der Waals surface area contributed by atoms with E-state index in [1.165, 1.54) is 4.90 Å². The van der Waals surface area contributed by atoms with Gasteiger partial charge in [0.05, 0.1) is 0 Å². The largest absolute Gasteiger partial charge is 0.405 e. The molecule has 0 spiro atoms. The van der Waals surface area contributed by atoms with Gasteiger partial charge in [-0.15, -0.1) is 0 Å². The molecule has 1 saturated carbocycles. The minimum atomic E-state index is -4.51. The Morgan fingerprint density at radius 1 is 1.00 bits per heavy atom. The van der Waals surface area contributed by atoms with E-state index in [-0.39, 0.29) is 17.4 Å². The summed E-state index contributed by atoms with van der Waals surface area (Å²) < 4.78 is 37.1. The Balaban J connectivity index is 1.64. The fraction of sp³-hybridized carbons (Fsp3) is 0.571. The van der Waals surface area contributed by atoms with Crippen LogP contribution in [0.1, 0.15) is 55.3 Å². The molecule has 3 rings (SSSR count). The van der Waals surface area contributed by atoms with Crippen LogP contribution in [-0.4, -0.2) is 47.9 Å². The van der Waals surface area contributed by atoms with E-state index in [1.54, 1.807) is 24.3 Å². The Labute approximate surface area is 173 Å². The van der Waals surface area contributed by atoms with Crippen LogP contribution in [0.25, 0.3) is 0 Å². The summed E-state index contributed by atoms with van der Waals surface area (Å²) in [4.78, 5) is 38.8. The van der Waals surface area contributed by atoms with Gasteiger partial charge in [-0.25, -0.2) is 0 Å². The maximum absolute atomic E-state index is 12.9. The van der Waals surface area contributed by atoms with Crippen molar-refractivity contribution in [2.75, 3.05) is 18.4 Å². The first kappa shape index (κ1) is 22.1. The quantitative estimate of drug-likeness (QED) is 0.758. The predicted octanol–water partition coefficient (Wildman–Crippen LogP) is 3.49. The number of alkyl halides is 3. The molecule has 2 fully saturated rings. The Morgan fingerprint density at radius 2 is 1.73 bits per heavy atom. The molecule has 164 valence electrons. The third-order valence-corrected chi connectivity index (χ3v) is 5.63. The van der Waals surface area contributed by atoms with Crippen molar-refractivity contribution < 1.29 is 27.6 Å². The Morgan fingerprint density at radius 3 is 2.43 bits per heavy atom. The lowest BCUT2D eigenvalue weighted by Gasteiger charge is -2.24. The highest BCUT2D eigenvalue weighted by atomic mass is 19.4. The number of carbonyl (C=O) groups is 3. The van der Waals surface area contributed by atoms with Crippen molar-refractivity contribution >= 4 is 23.4 Å². The van der Waals surface area contributed by atoms with Gasteiger partial charge in [0.2, 0.25) is 11.8 Å². The zero-order valence-corrected chi connectivity index (χ0v) is 16.6. The second kappa shape index (κ2) is 9.49. The van der Waals surface area contributed by atoms with Gasteiger partial charge >= 0.3 is 6.18 Å². The molecule has 0 aromatic heterocycles. The monoisotopic (exact) mass is 425 g/mol. The number of carbonyl (C=O) groups excluding carboxylic acids is 3. The topological polar surface area (TPSA) is 78.5 Å². The molecule has 1 aliphatic heterocycles. The number of hydrogen-bond acceptors (Lipinski definition) is 3. The smallest absolute Gasteiger partial charge is 0.345 e. The molecule has 1 aromatic carbocycles. The number of halogens is 3. The number of rotatable bonds is 5. The molecule has 1 aromatic rings. The fourth-order valence-corrected chi connectivity index (χ4v) is 4.09. The first-order valence-electron chi connectivity index (χ1n) is 10.3. The van der Waals surface area contributed by atoms with Crippen molar-refractivity contribution in [3.05, 3.63) is 29.8 Å². The van der Waals surface area contributed by atoms with Gasteiger partial charge in [-0.3, -0.25) is 14.4 Å². The summed E-state index contributed by atoms with van der Waals surface area (Å²) in [5.74, 6) is -1.34. The van der Waals surface area contributed by atoms with Crippen LogP contribution < -0.4 is 10.6 Å². The molecule has 6 nitrogen and oxygen atoms in total. The average Bonchev–Trinajstić information content (AvgIpc) is 3.21. The van der Waals surface area contributed by atoms with Crippen LogP contribution in [-0.2, 0) is 9.59 Å². The number of anilines is 1. The van der Waals surface area contributed by atoms with E-state index in [2.05, 4.69) is 5.32 Å². The second-order valence-electron chi connectivity index (χ2n) is 7.89. The van der Waals surface area contributed by atoms with Crippen LogP contribution in [0.4, 0.5) is 18.9 Å². The zero-order chi connectivity index (χ0) is 21.7. The summed E-state index contributed by atoms with van der Waals surface area (Å²) in [6.07, 6.45) is 1.25. The minimum Gasteiger partial charge on any atom is -0.345 e. The van der Waals surface area contributed by atoms with Gasteiger partial charge in [0.1, 0.15) is 12.6 Å². The van der Waals surface area contributed by atoms with Gasteiger partial charge in [0, 0.05) is 23.7 Å². The first-order chi connectivity index (χ1) is 14.2. The lowest BCUT2D eigenvalue weighted by Crippen LogP contribution is -2.48. The number of likely N-dealkylation sites (tertiary alicyclic amines) is 1. The summed E-state index contributed by atoms with van der Waals surface area (Å²) in [5.41, 5.74) is 0.778. The van der Waals surface area contributed by atoms with Crippen molar-refractivity contribution in [2.45, 2.75) is 57.2 Å². The van der Waals surface area contributed by atoms with E-state index >= 15 is 0 Å². The van der Waals surface area contributed by atoms with Crippen molar-refractivity contribution in [3.63, 3.8) is 0 Å². The van der Waals surface area contributed by atoms with Crippen molar-refractivity contribution in [1.82, 2.24) is 10.2 Å².